The molecule has 2 aromatic heterocycles. The molecule has 2 amide bonds. The Hall–Kier alpha value is -4.76. The minimum atomic E-state index is -1.01. The number of aromatic nitrogens is 2. The molecule has 0 radical (unpaired) electrons. The van der Waals surface area contributed by atoms with Gasteiger partial charge in [0.2, 0.25) is 0 Å². The van der Waals surface area contributed by atoms with E-state index in [-0.39, 0.29) is 19.6 Å². The summed E-state index contributed by atoms with van der Waals surface area (Å²) < 4.78 is 10.8. The first-order chi connectivity index (χ1) is 20.0. The van der Waals surface area contributed by atoms with Crippen LogP contribution in [0.15, 0.2) is 110 Å². The molecule has 4 aromatic rings. The first kappa shape index (κ1) is 29.2. The second kappa shape index (κ2) is 15.7. The van der Waals surface area contributed by atoms with Crippen LogP contribution in [0.5, 0.6) is 0 Å². The summed E-state index contributed by atoms with van der Waals surface area (Å²) in [6, 6.07) is 25.2. The molecule has 9 nitrogen and oxygen atoms in total. The molecule has 0 aliphatic heterocycles. The molecule has 3 N–H and O–H groups in total. The van der Waals surface area contributed by atoms with Crippen molar-refractivity contribution < 1.29 is 24.2 Å². The topological polar surface area (TPSA) is 123 Å². The number of hydrogen-bond donors (Lipinski definition) is 3. The number of carbonyl (C=O) groups excluding carboxylic acids is 2. The minimum Gasteiger partial charge on any atom is -0.445 e. The molecule has 3 atom stereocenters. The molecule has 0 fully saturated rings. The average Bonchev–Trinajstić information content (AvgIpc) is 3.01. The van der Waals surface area contributed by atoms with Crippen molar-refractivity contribution in [2.45, 2.75) is 50.7 Å². The van der Waals surface area contributed by atoms with Gasteiger partial charge in [0.25, 0.3) is 0 Å². The fraction of sp³-hybridized carbons (Fsp3) is 0.250. The molecule has 0 aliphatic rings. The lowest BCUT2D eigenvalue weighted by Crippen LogP contribution is -2.48. The zero-order chi connectivity index (χ0) is 28.7. The molecular formula is C32H34N4O5. The van der Waals surface area contributed by atoms with E-state index < -0.39 is 30.4 Å². The number of aliphatic hydroxyl groups excluding tert-OH is 1. The number of aliphatic hydroxyl groups is 1. The zero-order valence-corrected chi connectivity index (χ0v) is 22.6. The van der Waals surface area contributed by atoms with Gasteiger partial charge in [-0.25, -0.2) is 9.59 Å². The molecule has 0 saturated heterocycles. The van der Waals surface area contributed by atoms with E-state index in [0.717, 1.165) is 22.3 Å². The summed E-state index contributed by atoms with van der Waals surface area (Å²) in [5.41, 5.74) is 3.44. The van der Waals surface area contributed by atoms with Crippen molar-refractivity contribution in [2.75, 3.05) is 0 Å². The van der Waals surface area contributed by atoms with Crippen molar-refractivity contribution in [3.63, 3.8) is 0 Å². The van der Waals surface area contributed by atoms with Gasteiger partial charge in [0.1, 0.15) is 13.2 Å². The van der Waals surface area contributed by atoms with Crippen molar-refractivity contribution in [1.82, 2.24) is 20.6 Å². The third-order valence-corrected chi connectivity index (χ3v) is 6.42. The highest BCUT2D eigenvalue weighted by Crippen LogP contribution is 2.15. The summed E-state index contributed by atoms with van der Waals surface area (Å²) in [6.07, 6.45) is 5.27. The molecule has 41 heavy (non-hydrogen) atoms. The van der Waals surface area contributed by atoms with Crippen molar-refractivity contribution >= 4 is 12.2 Å². The van der Waals surface area contributed by atoms with E-state index in [1.807, 2.05) is 72.8 Å². The van der Waals surface area contributed by atoms with Gasteiger partial charge >= 0.3 is 12.2 Å². The van der Waals surface area contributed by atoms with Crippen molar-refractivity contribution in [2.24, 2.45) is 0 Å². The van der Waals surface area contributed by atoms with Crippen LogP contribution in [-0.4, -0.2) is 45.4 Å². The van der Waals surface area contributed by atoms with Gasteiger partial charge in [-0.2, -0.15) is 0 Å². The quantitative estimate of drug-likeness (QED) is 0.221. The van der Waals surface area contributed by atoms with Gasteiger partial charge < -0.3 is 25.2 Å². The van der Waals surface area contributed by atoms with E-state index in [2.05, 4.69) is 20.6 Å². The van der Waals surface area contributed by atoms with Gasteiger partial charge in [0, 0.05) is 42.0 Å². The summed E-state index contributed by atoms with van der Waals surface area (Å²) in [5.74, 6) is 0. The number of nitrogens with zero attached hydrogens (tertiary/aromatic N) is 2. The number of carbonyl (C=O) groups is 2. The van der Waals surface area contributed by atoms with E-state index in [1.165, 1.54) is 0 Å². The Kier molecular flexibility index (Phi) is 11.2. The maximum absolute atomic E-state index is 12.7. The van der Waals surface area contributed by atoms with Crippen LogP contribution >= 0.6 is 0 Å². The summed E-state index contributed by atoms with van der Waals surface area (Å²) in [6.45, 7) is 0.121. The number of ether oxygens (including phenoxy) is 2. The van der Waals surface area contributed by atoms with Gasteiger partial charge in [-0.3, -0.25) is 9.97 Å². The van der Waals surface area contributed by atoms with E-state index >= 15 is 0 Å². The first-order valence-electron chi connectivity index (χ1n) is 13.5. The SMILES string of the molecule is O=C(NC(Cc1ccccc1)CC(O)C(Cc1ccccc1)NC(=O)OCc1cccnc1)OCc1cccnc1. The molecule has 3 unspecified atom stereocenters. The lowest BCUT2D eigenvalue weighted by atomic mass is 9.94. The van der Waals surface area contributed by atoms with Crippen molar-refractivity contribution in [1.29, 1.82) is 0 Å². The second-order valence-electron chi connectivity index (χ2n) is 9.65. The third kappa shape index (κ3) is 10.4. The Morgan fingerprint density at radius 1 is 0.659 bits per heavy atom. The Morgan fingerprint density at radius 2 is 1.15 bits per heavy atom. The summed E-state index contributed by atoms with van der Waals surface area (Å²) in [4.78, 5) is 33.5. The van der Waals surface area contributed by atoms with Crippen molar-refractivity contribution in [3.8, 4) is 0 Å². The van der Waals surface area contributed by atoms with Gasteiger partial charge in [0.15, 0.2) is 0 Å². The molecule has 0 bridgehead atoms. The van der Waals surface area contributed by atoms with Crippen LogP contribution < -0.4 is 10.6 Å². The van der Waals surface area contributed by atoms with Crippen LogP contribution in [0, 0.1) is 0 Å². The average molecular weight is 555 g/mol. The minimum absolute atomic E-state index is 0.0504. The molecular weight excluding hydrogens is 520 g/mol. The Morgan fingerprint density at radius 3 is 1.66 bits per heavy atom. The first-order valence-corrected chi connectivity index (χ1v) is 13.5. The smallest absolute Gasteiger partial charge is 0.407 e. The summed E-state index contributed by atoms with van der Waals surface area (Å²) in [5, 5.41) is 17.1. The van der Waals surface area contributed by atoms with E-state index in [1.54, 1.807) is 36.9 Å². The largest absolute Gasteiger partial charge is 0.445 e. The number of amides is 2. The summed E-state index contributed by atoms with van der Waals surface area (Å²) >= 11 is 0. The molecule has 2 heterocycles. The zero-order valence-electron chi connectivity index (χ0n) is 22.6. The van der Waals surface area contributed by atoms with Gasteiger partial charge in [-0.1, -0.05) is 72.8 Å². The standard InChI is InChI=1S/C32H34N4O5/c37-30(29(18-25-11-5-2-6-12-25)36-32(39)41-23-27-14-8-16-34-21-27)19-28(17-24-9-3-1-4-10-24)35-31(38)40-22-26-13-7-15-33-20-26/h1-16,20-21,28-30,37H,17-19,22-23H2,(H,35,38)(H,36,39). The Bertz CT molecular complexity index is 1330. The van der Waals surface area contributed by atoms with Crippen LogP contribution in [0.1, 0.15) is 28.7 Å². The van der Waals surface area contributed by atoms with E-state index in [9.17, 15) is 14.7 Å². The fourth-order valence-corrected chi connectivity index (χ4v) is 4.37. The number of rotatable bonds is 13. The van der Waals surface area contributed by atoms with Gasteiger partial charge in [0.05, 0.1) is 12.1 Å². The monoisotopic (exact) mass is 554 g/mol. The Labute approximate surface area is 239 Å². The van der Waals surface area contributed by atoms with Crippen LogP contribution in [0.25, 0.3) is 0 Å². The molecule has 0 aliphatic carbocycles. The van der Waals surface area contributed by atoms with Crippen LogP contribution in [-0.2, 0) is 35.5 Å². The van der Waals surface area contributed by atoms with Crippen molar-refractivity contribution in [3.05, 3.63) is 132 Å². The molecule has 9 heteroatoms. The Balaban J connectivity index is 1.43. The second-order valence-corrected chi connectivity index (χ2v) is 9.65. The third-order valence-electron chi connectivity index (χ3n) is 6.42. The molecule has 212 valence electrons. The highest BCUT2D eigenvalue weighted by Gasteiger charge is 2.27. The van der Waals surface area contributed by atoms with E-state index in [0.29, 0.717) is 12.8 Å². The maximum Gasteiger partial charge on any atom is 0.407 e. The normalized spacial score (nSPS) is 12.9. The highest BCUT2D eigenvalue weighted by molar-refractivity contribution is 5.68. The molecule has 0 spiro atoms. The fourth-order valence-electron chi connectivity index (χ4n) is 4.37. The number of hydrogen-bond acceptors (Lipinski definition) is 7. The number of nitrogens with one attached hydrogen (secondary N) is 2. The van der Waals surface area contributed by atoms with E-state index in [4.69, 9.17) is 9.47 Å². The van der Waals surface area contributed by atoms with Crippen LogP contribution in [0.2, 0.25) is 0 Å². The van der Waals surface area contributed by atoms with Gasteiger partial charge in [-0.15, -0.1) is 0 Å². The molecule has 0 saturated carbocycles. The predicted octanol–water partition coefficient (Wildman–Crippen LogP) is 4.60. The molecule has 2 aromatic carbocycles. The maximum atomic E-state index is 12.7. The highest BCUT2D eigenvalue weighted by atomic mass is 16.6. The number of alkyl carbamates (subject to hydrolysis) is 2. The molecule has 4 rings (SSSR count). The summed E-state index contributed by atoms with van der Waals surface area (Å²) in [7, 11) is 0. The van der Waals surface area contributed by atoms with Crippen LogP contribution in [0.3, 0.4) is 0 Å². The lowest BCUT2D eigenvalue weighted by molar-refractivity contribution is 0.0860. The lowest BCUT2D eigenvalue weighted by Gasteiger charge is -2.28. The van der Waals surface area contributed by atoms with Gasteiger partial charge in [-0.05, 0) is 42.5 Å². The predicted molar refractivity (Wildman–Crippen MR) is 154 cm³/mol. The van der Waals surface area contributed by atoms with Crippen LogP contribution in [0.4, 0.5) is 9.59 Å². The number of benzene rings is 2. The number of pyridine rings is 2.